The van der Waals surface area contributed by atoms with Crippen molar-refractivity contribution in [3.63, 3.8) is 0 Å². The fraction of sp³-hybridized carbons (Fsp3) is 0.889. The number of amides is 1. The minimum atomic E-state index is -0.333. The maximum Gasteiger partial charge on any atom is 0.214 e. The molecule has 0 radical (unpaired) electrons. The Morgan fingerprint density at radius 2 is 1.67 bits per heavy atom. The lowest BCUT2D eigenvalue weighted by Gasteiger charge is -2.18. The molecule has 0 aromatic heterocycles. The van der Waals surface area contributed by atoms with Crippen LogP contribution in [0.3, 0.4) is 0 Å². The molecule has 0 unspecified atom stereocenters. The molecular formula is C9H20N2O. The second-order valence-electron chi connectivity index (χ2n) is 3.45. The molecule has 1 amide bonds. The van der Waals surface area contributed by atoms with Crippen molar-refractivity contribution in [1.82, 2.24) is 4.90 Å². The van der Waals surface area contributed by atoms with E-state index in [1.807, 2.05) is 0 Å². The van der Waals surface area contributed by atoms with Crippen molar-refractivity contribution in [2.24, 2.45) is 5.73 Å². The third-order valence-electron chi connectivity index (χ3n) is 1.87. The third kappa shape index (κ3) is 6.16. The topological polar surface area (TPSA) is 46.3 Å². The van der Waals surface area contributed by atoms with Crippen molar-refractivity contribution in [2.45, 2.75) is 39.7 Å². The van der Waals surface area contributed by atoms with Crippen LogP contribution in [0.15, 0.2) is 0 Å². The Morgan fingerprint density at radius 1 is 1.33 bits per heavy atom. The Bertz CT molecular complexity index is 124. The summed E-state index contributed by atoms with van der Waals surface area (Å²) in [5.74, 6) is -0.333. The van der Waals surface area contributed by atoms with Gasteiger partial charge in [0.05, 0.1) is 0 Å². The van der Waals surface area contributed by atoms with E-state index < -0.39 is 0 Å². The van der Waals surface area contributed by atoms with Gasteiger partial charge in [-0.1, -0.05) is 0 Å². The van der Waals surface area contributed by atoms with Crippen LogP contribution >= 0.6 is 0 Å². The normalized spacial score (nSPS) is 17.3. The fourth-order valence-corrected chi connectivity index (χ4v) is 1.26. The van der Waals surface area contributed by atoms with Crippen LogP contribution in [0, 0.1) is 0 Å². The van der Waals surface area contributed by atoms with Gasteiger partial charge in [-0.2, -0.15) is 0 Å². The summed E-state index contributed by atoms with van der Waals surface area (Å²) in [6.45, 7) is 8.51. The number of carbonyl (C=O) groups is 1. The summed E-state index contributed by atoms with van der Waals surface area (Å²) in [5.41, 5.74) is 4.47. The number of rotatable bonds is 1. The minimum absolute atomic E-state index is 0.333. The van der Waals surface area contributed by atoms with Crippen LogP contribution in [0.1, 0.15) is 33.6 Å². The zero-order valence-corrected chi connectivity index (χ0v) is 8.34. The predicted molar refractivity (Wildman–Crippen MR) is 50.8 cm³/mol. The van der Waals surface area contributed by atoms with Crippen molar-refractivity contribution >= 4 is 5.91 Å². The molecule has 1 aliphatic heterocycles. The van der Waals surface area contributed by atoms with Crippen molar-refractivity contribution < 1.29 is 4.79 Å². The molecule has 3 nitrogen and oxygen atoms in total. The highest BCUT2D eigenvalue weighted by atomic mass is 16.1. The number of nitrogens with two attached hydrogens (primary N) is 1. The first-order valence-electron chi connectivity index (χ1n) is 4.54. The molecule has 0 aromatic rings. The maximum absolute atomic E-state index is 9.22. The van der Waals surface area contributed by atoms with Crippen molar-refractivity contribution in [2.75, 3.05) is 13.1 Å². The van der Waals surface area contributed by atoms with Gasteiger partial charge in [0, 0.05) is 13.0 Å². The summed E-state index contributed by atoms with van der Waals surface area (Å²) >= 11 is 0. The van der Waals surface area contributed by atoms with Gasteiger partial charge in [0.25, 0.3) is 0 Å². The largest absolute Gasteiger partial charge is 0.370 e. The second kappa shape index (κ2) is 6.00. The molecule has 1 saturated heterocycles. The van der Waals surface area contributed by atoms with Gasteiger partial charge < -0.3 is 10.6 Å². The van der Waals surface area contributed by atoms with Gasteiger partial charge in [-0.3, -0.25) is 4.79 Å². The first kappa shape index (κ1) is 11.4. The van der Waals surface area contributed by atoms with Gasteiger partial charge in [-0.05, 0) is 39.8 Å². The highest BCUT2D eigenvalue weighted by molar-refractivity contribution is 5.70. The molecule has 0 spiro atoms. The quantitative estimate of drug-likeness (QED) is 0.641. The number of primary amides is 1. The van der Waals surface area contributed by atoms with E-state index in [0.29, 0.717) is 0 Å². The maximum atomic E-state index is 9.22. The zero-order valence-electron chi connectivity index (χ0n) is 8.34. The molecule has 2 N–H and O–H groups in total. The Kier molecular flexibility index (Phi) is 5.72. The average Bonchev–Trinajstić information content (AvgIpc) is 2.34. The number of carbonyl (C=O) groups excluding carboxylic acids is 1. The number of likely N-dealkylation sites (tertiary alicyclic amines) is 1. The fourth-order valence-electron chi connectivity index (χ4n) is 1.26. The predicted octanol–water partition coefficient (Wildman–Crippen LogP) is 0.982. The van der Waals surface area contributed by atoms with Crippen molar-refractivity contribution in [1.29, 1.82) is 0 Å². The van der Waals surface area contributed by atoms with Gasteiger partial charge in [-0.25, -0.2) is 0 Å². The van der Waals surface area contributed by atoms with E-state index in [9.17, 15) is 4.79 Å². The van der Waals surface area contributed by atoms with E-state index in [1.54, 1.807) is 0 Å². The minimum Gasteiger partial charge on any atom is -0.370 e. The molecule has 72 valence electrons. The molecular weight excluding hydrogens is 152 g/mol. The lowest BCUT2D eigenvalue weighted by Crippen LogP contribution is -2.26. The molecule has 1 rings (SSSR count). The Labute approximate surface area is 74.9 Å². The van der Waals surface area contributed by atoms with Crippen LogP contribution in [-0.2, 0) is 4.79 Å². The summed E-state index contributed by atoms with van der Waals surface area (Å²) in [6, 6.07) is 0.775. The molecule has 0 aromatic carbocycles. The number of hydrogen-bond donors (Lipinski definition) is 1. The summed E-state index contributed by atoms with van der Waals surface area (Å²) in [5, 5.41) is 0. The van der Waals surface area contributed by atoms with Crippen LogP contribution < -0.4 is 5.73 Å². The second-order valence-corrected chi connectivity index (χ2v) is 3.45. The molecule has 12 heavy (non-hydrogen) atoms. The summed E-state index contributed by atoms with van der Waals surface area (Å²) < 4.78 is 0. The summed E-state index contributed by atoms with van der Waals surface area (Å²) in [4.78, 5) is 11.8. The lowest BCUT2D eigenvalue weighted by molar-refractivity contribution is -0.115. The molecule has 0 atom stereocenters. The Hall–Kier alpha value is -0.570. The van der Waals surface area contributed by atoms with Crippen LogP contribution in [0.2, 0.25) is 0 Å². The van der Waals surface area contributed by atoms with E-state index in [1.165, 1.54) is 32.9 Å². The van der Waals surface area contributed by atoms with Crippen LogP contribution in [-0.4, -0.2) is 29.9 Å². The molecule has 0 saturated carbocycles. The van der Waals surface area contributed by atoms with Gasteiger partial charge in [0.1, 0.15) is 0 Å². The Balaban J connectivity index is 0.000000261. The van der Waals surface area contributed by atoms with E-state index >= 15 is 0 Å². The number of nitrogens with zero attached hydrogens (tertiary/aromatic N) is 1. The standard InChI is InChI=1S/C7H15N.C2H5NO/c1-7(2)8-5-3-4-6-8;1-2(3)4/h7H,3-6H2,1-2H3;1H3,(H2,3,4). The van der Waals surface area contributed by atoms with Crippen LogP contribution in [0.25, 0.3) is 0 Å². The lowest BCUT2D eigenvalue weighted by atomic mass is 10.3. The number of hydrogen-bond acceptors (Lipinski definition) is 2. The summed E-state index contributed by atoms with van der Waals surface area (Å²) in [6.07, 6.45) is 2.83. The van der Waals surface area contributed by atoms with Gasteiger partial charge in [-0.15, -0.1) is 0 Å². The van der Waals surface area contributed by atoms with E-state index in [4.69, 9.17) is 0 Å². The highest BCUT2D eigenvalue weighted by Crippen LogP contribution is 2.09. The van der Waals surface area contributed by atoms with Gasteiger partial charge in [0.2, 0.25) is 5.91 Å². The first-order chi connectivity index (χ1) is 5.54. The third-order valence-corrected chi connectivity index (χ3v) is 1.87. The van der Waals surface area contributed by atoms with Crippen LogP contribution in [0.5, 0.6) is 0 Å². The molecule has 0 bridgehead atoms. The van der Waals surface area contributed by atoms with E-state index in [-0.39, 0.29) is 5.91 Å². The van der Waals surface area contributed by atoms with Crippen molar-refractivity contribution in [3.8, 4) is 0 Å². The SMILES string of the molecule is CC(C)N1CCCC1.CC(N)=O. The van der Waals surface area contributed by atoms with Gasteiger partial charge in [0.15, 0.2) is 0 Å². The van der Waals surface area contributed by atoms with E-state index in [2.05, 4.69) is 24.5 Å². The van der Waals surface area contributed by atoms with Crippen LogP contribution in [0.4, 0.5) is 0 Å². The smallest absolute Gasteiger partial charge is 0.214 e. The molecule has 3 heteroatoms. The van der Waals surface area contributed by atoms with Gasteiger partial charge >= 0.3 is 0 Å². The first-order valence-corrected chi connectivity index (χ1v) is 4.54. The monoisotopic (exact) mass is 172 g/mol. The molecule has 1 fully saturated rings. The highest BCUT2D eigenvalue weighted by Gasteiger charge is 2.13. The average molecular weight is 172 g/mol. The molecule has 1 heterocycles. The van der Waals surface area contributed by atoms with E-state index in [0.717, 1.165) is 6.04 Å². The van der Waals surface area contributed by atoms with Crippen molar-refractivity contribution in [3.05, 3.63) is 0 Å². The molecule has 0 aliphatic carbocycles. The Morgan fingerprint density at radius 3 is 1.83 bits per heavy atom. The summed E-state index contributed by atoms with van der Waals surface area (Å²) in [7, 11) is 0. The molecule has 1 aliphatic rings. The zero-order chi connectivity index (χ0) is 9.56.